The molecule has 0 aromatic heterocycles. The van der Waals surface area contributed by atoms with Crippen molar-refractivity contribution in [2.75, 3.05) is 6.67 Å². The number of hydrogen-bond donors (Lipinski definition) is 1. The van der Waals surface area contributed by atoms with Gasteiger partial charge in [0.05, 0.1) is 0 Å². The minimum absolute atomic E-state index is 0. The molecule has 0 aliphatic rings. The summed E-state index contributed by atoms with van der Waals surface area (Å²) in [7, 11) is 0. The van der Waals surface area contributed by atoms with Crippen molar-refractivity contribution >= 4 is 0 Å². The van der Waals surface area contributed by atoms with Gasteiger partial charge in [0.1, 0.15) is 0 Å². The first-order valence-corrected chi connectivity index (χ1v) is 1.22. The van der Waals surface area contributed by atoms with Crippen LogP contribution in [0.1, 0.15) is 1.43 Å². The van der Waals surface area contributed by atoms with Crippen LogP contribution in [0, 0.1) is 0 Å². The van der Waals surface area contributed by atoms with Gasteiger partial charge >= 0.3 is 35.7 Å². The molecule has 0 bridgehead atoms. The van der Waals surface area contributed by atoms with Crippen molar-refractivity contribution in [2.24, 2.45) is 0 Å². The van der Waals surface area contributed by atoms with Crippen LogP contribution in [0.15, 0.2) is 0 Å². The number of aliphatic hydroxyl groups is 1. The summed E-state index contributed by atoms with van der Waals surface area (Å²) in [6.07, 6.45) is -4.12. The molecule has 0 saturated heterocycles. The maximum atomic E-state index is 10.6. The summed E-state index contributed by atoms with van der Waals surface area (Å²) < 4.78 is 31.8. The molecule has 0 spiro atoms. The van der Waals surface area contributed by atoms with E-state index in [0.29, 0.717) is 0 Å². The van der Waals surface area contributed by atoms with Gasteiger partial charge < -0.3 is 6.53 Å². The van der Waals surface area contributed by atoms with Crippen LogP contribution in [0.25, 0.3) is 0 Å². The van der Waals surface area contributed by atoms with Crippen LogP contribution in [-0.4, -0.2) is 17.9 Å². The Balaban J connectivity index is -0.000000125. The number of halogens is 3. The molecule has 0 rings (SSSR count). The van der Waals surface area contributed by atoms with Gasteiger partial charge in [-0.1, -0.05) is 0 Å². The second-order valence-corrected chi connectivity index (χ2v) is 0.799. The minimum atomic E-state index is -4.12. The topological polar surface area (TPSA) is 20.2 Å². The van der Waals surface area contributed by atoms with E-state index < -0.39 is 12.8 Å². The Bertz CT molecular complexity index is 47.0. The molecule has 1 N–H and O–H groups in total. The largest absolute Gasteiger partial charge is 1.00 e. The molecule has 1 nitrogen and oxygen atoms in total. The van der Waals surface area contributed by atoms with E-state index in [0.717, 1.165) is 0 Å². The summed E-state index contributed by atoms with van der Waals surface area (Å²) in [4.78, 5) is 0. The standard InChI is InChI=1S/C2H3F3O.Na.H/c3-1-2(4,5)6;;/h6H,1H2;;/q;+1;-1. The van der Waals surface area contributed by atoms with Gasteiger partial charge in [0, 0.05) is 0 Å². The number of rotatable bonds is 1. The van der Waals surface area contributed by atoms with Crippen LogP contribution in [0.2, 0.25) is 0 Å². The van der Waals surface area contributed by atoms with E-state index in [4.69, 9.17) is 5.11 Å². The predicted octanol–water partition coefficient (Wildman–Crippen LogP) is -2.34. The molecule has 0 atom stereocenters. The summed E-state index contributed by atoms with van der Waals surface area (Å²) in [6, 6.07) is 0. The maximum absolute atomic E-state index is 10.6. The zero-order valence-corrected chi connectivity index (χ0v) is 5.79. The van der Waals surface area contributed by atoms with Gasteiger partial charge in [-0.3, -0.25) is 0 Å². The van der Waals surface area contributed by atoms with Gasteiger partial charge in [-0.2, -0.15) is 8.78 Å². The Hall–Kier alpha value is 0.750. The van der Waals surface area contributed by atoms with Gasteiger partial charge in [-0.15, -0.1) is 0 Å². The third-order valence-electron chi connectivity index (χ3n) is 0.161. The van der Waals surface area contributed by atoms with Crippen LogP contribution in [0.4, 0.5) is 13.2 Å². The van der Waals surface area contributed by atoms with Gasteiger partial charge in [0.15, 0.2) is 6.67 Å². The molecule has 0 aromatic rings. The third-order valence-corrected chi connectivity index (χ3v) is 0.161. The molecule has 0 aliphatic carbocycles. The molecule has 5 heteroatoms. The van der Waals surface area contributed by atoms with Crippen LogP contribution in [0.5, 0.6) is 0 Å². The summed E-state index contributed by atoms with van der Waals surface area (Å²) in [6.45, 7) is -2.01. The van der Waals surface area contributed by atoms with Crippen LogP contribution in [-0.2, 0) is 0 Å². The zero-order valence-electron chi connectivity index (χ0n) is 4.79. The second-order valence-electron chi connectivity index (χ2n) is 0.799. The van der Waals surface area contributed by atoms with E-state index in [1.54, 1.807) is 0 Å². The molecule has 7 heavy (non-hydrogen) atoms. The molecule has 0 heterocycles. The molecule has 0 fully saturated rings. The van der Waals surface area contributed by atoms with E-state index in [1.807, 2.05) is 0 Å². The van der Waals surface area contributed by atoms with Gasteiger partial charge in [0.25, 0.3) is 0 Å². The molecule has 0 unspecified atom stereocenters. The maximum Gasteiger partial charge on any atom is 1.00 e. The predicted molar refractivity (Wildman–Crippen MR) is 14.3 cm³/mol. The SMILES string of the molecule is OC(F)(F)CF.[H-].[Na+]. The summed E-state index contributed by atoms with van der Waals surface area (Å²) in [5.41, 5.74) is 0. The quantitative estimate of drug-likeness (QED) is 0.388. The van der Waals surface area contributed by atoms with E-state index in [-0.39, 0.29) is 31.0 Å². The van der Waals surface area contributed by atoms with E-state index in [9.17, 15) is 13.2 Å². The van der Waals surface area contributed by atoms with Crippen LogP contribution in [0.3, 0.4) is 0 Å². The first kappa shape index (κ1) is 10.7. The molecule has 0 radical (unpaired) electrons. The van der Waals surface area contributed by atoms with E-state index in [2.05, 4.69) is 0 Å². The first-order valence-electron chi connectivity index (χ1n) is 1.22. The molecule has 40 valence electrons. The number of alkyl halides is 3. The molecule has 0 aromatic carbocycles. The second kappa shape index (κ2) is 3.72. The first-order chi connectivity index (χ1) is 2.56. The monoisotopic (exact) mass is 124 g/mol. The Morgan fingerprint density at radius 1 is 1.57 bits per heavy atom. The van der Waals surface area contributed by atoms with Crippen molar-refractivity contribution in [1.29, 1.82) is 0 Å². The third kappa shape index (κ3) is 10.8. The summed E-state index contributed by atoms with van der Waals surface area (Å²) >= 11 is 0. The smallest absolute Gasteiger partial charge is 1.00 e. The Labute approximate surface area is 62.3 Å². The minimum Gasteiger partial charge on any atom is -1.00 e. The van der Waals surface area contributed by atoms with E-state index in [1.165, 1.54) is 0 Å². The normalized spacial score (nSPS) is 10.3. The Kier molecular flexibility index (Phi) is 5.67. The zero-order chi connectivity index (χ0) is 5.21. The average Bonchev–Trinajstić information content (AvgIpc) is 1.35. The molecular weight excluding hydrogens is 120 g/mol. The fraction of sp³-hybridized carbons (Fsp3) is 1.00. The van der Waals surface area contributed by atoms with Crippen molar-refractivity contribution < 1.29 is 49.3 Å². The number of hydrogen-bond acceptors (Lipinski definition) is 1. The van der Waals surface area contributed by atoms with Gasteiger partial charge in [0.2, 0.25) is 0 Å². The summed E-state index contributed by atoms with van der Waals surface area (Å²) in [5.74, 6) is 0. The Morgan fingerprint density at radius 2 is 1.71 bits per heavy atom. The van der Waals surface area contributed by atoms with Crippen molar-refractivity contribution in [3.05, 3.63) is 0 Å². The van der Waals surface area contributed by atoms with Crippen molar-refractivity contribution in [1.82, 2.24) is 0 Å². The average molecular weight is 124 g/mol. The van der Waals surface area contributed by atoms with Gasteiger partial charge in [-0.25, -0.2) is 4.39 Å². The summed E-state index contributed by atoms with van der Waals surface area (Å²) in [5, 5.41) is 7.12. The van der Waals surface area contributed by atoms with Gasteiger partial charge in [-0.05, 0) is 0 Å². The molecule has 0 saturated carbocycles. The van der Waals surface area contributed by atoms with Crippen molar-refractivity contribution in [3.63, 3.8) is 0 Å². The molecule has 0 amide bonds. The fourth-order valence-corrected chi connectivity index (χ4v) is 0. The van der Waals surface area contributed by atoms with Crippen molar-refractivity contribution in [3.8, 4) is 0 Å². The fourth-order valence-electron chi connectivity index (χ4n) is 0. The molecular formula is C2H4F3NaO. The van der Waals surface area contributed by atoms with E-state index >= 15 is 0 Å². The van der Waals surface area contributed by atoms with Crippen molar-refractivity contribution in [2.45, 2.75) is 6.11 Å². The van der Waals surface area contributed by atoms with Crippen LogP contribution < -0.4 is 29.6 Å². The van der Waals surface area contributed by atoms with Crippen LogP contribution >= 0.6 is 0 Å². The Morgan fingerprint density at radius 3 is 1.71 bits per heavy atom. The molecule has 0 aliphatic heterocycles.